The van der Waals surface area contributed by atoms with E-state index >= 15 is 0 Å². The Labute approximate surface area is 169 Å². The average Bonchev–Trinajstić information content (AvgIpc) is 3.08. The molecular weight excluding hydrogens is 391 g/mol. The van der Waals surface area contributed by atoms with Crippen LogP contribution in [0.4, 0.5) is 10.1 Å². The molecule has 6 nitrogen and oxygen atoms in total. The first-order chi connectivity index (χ1) is 14.0. The van der Waals surface area contributed by atoms with Crippen molar-refractivity contribution in [3.63, 3.8) is 0 Å². The number of carbonyl (C=O) groups is 1. The van der Waals surface area contributed by atoms with Gasteiger partial charge < -0.3 is 10.3 Å². The monoisotopic (exact) mass is 408 g/mol. The molecule has 0 radical (unpaired) electrons. The van der Waals surface area contributed by atoms with E-state index < -0.39 is 0 Å². The van der Waals surface area contributed by atoms with E-state index in [1.165, 1.54) is 18.2 Å². The summed E-state index contributed by atoms with van der Waals surface area (Å²) in [6, 6.07) is 13.0. The number of H-pyrrole nitrogens is 1. The summed E-state index contributed by atoms with van der Waals surface area (Å²) in [4.78, 5) is 32.1. The molecule has 0 bridgehead atoms. The largest absolute Gasteiger partial charge is 0.387 e. The summed E-state index contributed by atoms with van der Waals surface area (Å²) in [5, 5.41) is 3.06. The van der Waals surface area contributed by atoms with Gasteiger partial charge in [-0.05, 0) is 49.4 Å². The van der Waals surface area contributed by atoms with Crippen LogP contribution in [0.1, 0.15) is 5.69 Å². The van der Waals surface area contributed by atoms with Crippen LogP contribution in [0, 0.1) is 12.7 Å². The summed E-state index contributed by atoms with van der Waals surface area (Å²) in [5.41, 5.74) is 4.27. The zero-order chi connectivity index (χ0) is 20.5. The van der Waals surface area contributed by atoms with Crippen LogP contribution >= 0.6 is 11.8 Å². The lowest BCUT2D eigenvalue weighted by Crippen LogP contribution is -2.05. The molecule has 0 spiro atoms. The maximum Gasteiger partial charge on any atom is 0.209 e. The topological polar surface area (TPSA) is 79.8 Å². The molecule has 0 unspecified atom stereocenters. The number of hydrogen-bond donors (Lipinski definition) is 2. The van der Waals surface area contributed by atoms with Gasteiger partial charge in [0.15, 0.2) is 11.1 Å². The fraction of sp³-hybridized carbons (Fsp3) is 0.0952. The fourth-order valence-electron chi connectivity index (χ4n) is 3.25. The number of hydrogen-bond acceptors (Lipinski definition) is 5. The van der Waals surface area contributed by atoms with Gasteiger partial charge in [-0.2, -0.15) is 0 Å². The number of halogens is 1. The first-order valence-electron chi connectivity index (χ1n) is 8.82. The Morgan fingerprint density at radius 1 is 1.17 bits per heavy atom. The first-order valence-corrected chi connectivity index (χ1v) is 9.70. The minimum absolute atomic E-state index is 0.201. The zero-order valence-corrected chi connectivity index (χ0v) is 16.5. The lowest BCUT2D eigenvalue weighted by molar-refractivity contribution is 0.570. The summed E-state index contributed by atoms with van der Waals surface area (Å²) >= 11 is 1.05. The van der Waals surface area contributed by atoms with Crippen LogP contribution in [-0.4, -0.2) is 27.2 Å². The molecule has 0 amide bonds. The maximum atomic E-state index is 13.4. The minimum atomic E-state index is -0.355. The number of thioether (sulfide) groups is 1. The Kier molecular flexibility index (Phi) is 4.94. The third kappa shape index (κ3) is 3.42. The molecule has 2 aromatic carbocycles. The number of aryl methyl sites for hydroxylation is 1. The average molecular weight is 408 g/mol. The number of nitrogens with zero attached hydrogens (tertiary/aromatic N) is 2. The standard InChI is InChI=1S/C21H17FN4O2S/c1-12-9-17(28)19-21(24-12)26(20(25-19)13-3-5-14(22)6-4-13)15-7-8-16(23-2)18(10-15)29-11-27/h3-11,23H,1-2H3,(H,24,28). The molecular formula is C21H17FN4O2S. The van der Waals surface area contributed by atoms with Gasteiger partial charge in [-0.1, -0.05) is 11.8 Å². The van der Waals surface area contributed by atoms with E-state index in [9.17, 15) is 14.0 Å². The fourth-order valence-corrected chi connectivity index (χ4v) is 3.83. The number of rotatable bonds is 5. The molecule has 2 N–H and O–H groups in total. The molecule has 0 saturated heterocycles. The molecule has 0 aliphatic carbocycles. The van der Waals surface area contributed by atoms with E-state index in [2.05, 4.69) is 15.3 Å². The first kappa shape index (κ1) is 18.9. The Bertz CT molecular complexity index is 1280. The number of fused-ring (bicyclic) bond motifs is 1. The van der Waals surface area contributed by atoms with Crippen LogP contribution in [0.3, 0.4) is 0 Å². The van der Waals surface area contributed by atoms with Gasteiger partial charge in [-0.3, -0.25) is 14.2 Å². The van der Waals surface area contributed by atoms with Gasteiger partial charge in [0.2, 0.25) is 5.43 Å². The van der Waals surface area contributed by atoms with Crippen LogP contribution in [0.2, 0.25) is 0 Å². The second-order valence-electron chi connectivity index (χ2n) is 6.44. The number of aromatic nitrogens is 3. The number of carbonyl (C=O) groups excluding carboxylic acids is 1. The van der Waals surface area contributed by atoms with Crippen molar-refractivity contribution < 1.29 is 9.18 Å². The van der Waals surface area contributed by atoms with Crippen molar-refractivity contribution in [2.45, 2.75) is 11.8 Å². The molecule has 2 heterocycles. The van der Waals surface area contributed by atoms with Gasteiger partial charge in [0.25, 0.3) is 0 Å². The highest BCUT2D eigenvalue weighted by atomic mass is 32.2. The molecule has 2 aromatic heterocycles. The number of benzene rings is 2. The number of pyridine rings is 1. The number of aromatic amines is 1. The van der Waals surface area contributed by atoms with Gasteiger partial charge in [-0.15, -0.1) is 0 Å². The van der Waals surface area contributed by atoms with Crippen molar-refractivity contribution in [2.24, 2.45) is 0 Å². The van der Waals surface area contributed by atoms with Crippen LogP contribution in [-0.2, 0) is 4.79 Å². The summed E-state index contributed by atoms with van der Waals surface area (Å²) in [7, 11) is 1.78. The number of anilines is 1. The lowest BCUT2D eigenvalue weighted by Gasteiger charge is -2.13. The molecule has 4 rings (SSSR count). The van der Waals surface area contributed by atoms with Crippen molar-refractivity contribution in [3.05, 3.63) is 70.3 Å². The highest BCUT2D eigenvalue weighted by molar-refractivity contribution is 8.12. The van der Waals surface area contributed by atoms with Crippen LogP contribution in [0.25, 0.3) is 28.2 Å². The summed E-state index contributed by atoms with van der Waals surface area (Å²) in [6.07, 6.45) is 0. The molecule has 4 aromatic rings. The van der Waals surface area contributed by atoms with Crippen LogP contribution < -0.4 is 10.7 Å². The van der Waals surface area contributed by atoms with Gasteiger partial charge in [0.05, 0.1) is 5.69 Å². The number of imidazole rings is 1. The van der Waals surface area contributed by atoms with E-state index in [0.717, 1.165) is 33.7 Å². The normalized spacial score (nSPS) is 11.0. The Morgan fingerprint density at radius 3 is 2.62 bits per heavy atom. The molecule has 0 atom stereocenters. The summed E-state index contributed by atoms with van der Waals surface area (Å²) < 4.78 is 15.3. The maximum absolute atomic E-state index is 13.4. The van der Waals surface area contributed by atoms with Crippen molar-refractivity contribution in [1.82, 2.24) is 14.5 Å². The van der Waals surface area contributed by atoms with E-state index in [0.29, 0.717) is 22.7 Å². The Balaban J connectivity index is 2.05. The molecule has 0 aliphatic rings. The molecule has 0 saturated carbocycles. The van der Waals surface area contributed by atoms with Crippen molar-refractivity contribution in [3.8, 4) is 17.1 Å². The molecule has 0 fully saturated rings. The predicted octanol–water partition coefficient (Wildman–Crippen LogP) is 4.15. The van der Waals surface area contributed by atoms with Gasteiger partial charge in [-0.25, -0.2) is 9.37 Å². The van der Waals surface area contributed by atoms with E-state index in [4.69, 9.17) is 0 Å². The van der Waals surface area contributed by atoms with Gasteiger partial charge in [0, 0.05) is 35.0 Å². The zero-order valence-electron chi connectivity index (χ0n) is 15.7. The summed E-state index contributed by atoms with van der Waals surface area (Å²) in [5.74, 6) is 0.143. The molecule has 146 valence electrons. The van der Waals surface area contributed by atoms with E-state index in [-0.39, 0.29) is 16.8 Å². The lowest BCUT2D eigenvalue weighted by atomic mass is 10.2. The third-order valence-electron chi connectivity index (χ3n) is 4.54. The summed E-state index contributed by atoms with van der Waals surface area (Å²) in [6.45, 7) is 1.80. The minimum Gasteiger partial charge on any atom is -0.387 e. The second kappa shape index (κ2) is 7.56. The van der Waals surface area contributed by atoms with Crippen LogP contribution in [0.15, 0.2) is 58.2 Å². The smallest absolute Gasteiger partial charge is 0.209 e. The molecule has 29 heavy (non-hydrogen) atoms. The van der Waals surface area contributed by atoms with Crippen molar-refractivity contribution in [2.75, 3.05) is 12.4 Å². The van der Waals surface area contributed by atoms with Gasteiger partial charge >= 0.3 is 0 Å². The number of nitrogens with one attached hydrogen (secondary N) is 2. The highest BCUT2D eigenvalue weighted by Gasteiger charge is 2.18. The van der Waals surface area contributed by atoms with E-state index in [1.54, 1.807) is 26.1 Å². The second-order valence-corrected chi connectivity index (χ2v) is 7.30. The van der Waals surface area contributed by atoms with Crippen LogP contribution in [0.5, 0.6) is 0 Å². The Morgan fingerprint density at radius 2 is 1.93 bits per heavy atom. The Hall–Kier alpha value is -3.39. The van der Waals surface area contributed by atoms with Crippen molar-refractivity contribution >= 4 is 34.2 Å². The van der Waals surface area contributed by atoms with Crippen molar-refractivity contribution in [1.29, 1.82) is 0 Å². The predicted molar refractivity (Wildman–Crippen MR) is 114 cm³/mol. The highest BCUT2D eigenvalue weighted by Crippen LogP contribution is 2.32. The molecule has 8 heteroatoms. The molecule has 0 aliphatic heterocycles. The quantitative estimate of drug-likeness (QED) is 0.383. The van der Waals surface area contributed by atoms with E-state index in [1.807, 2.05) is 22.8 Å². The third-order valence-corrected chi connectivity index (χ3v) is 5.23. The van der Waals surface area contributed by atoms with Gasteiger partial charge in [0.1, 0.15) is 17.3 Å². The SMILES string of the molecule is CNc1ccc(-n2c(-c3ccc(F)cc3)nc3c(=O)cc(C)[nH]c32)cc1SC=O.